The van der Waals surface area contributed by atoms with E-state index in [2.05, 4.69) is 27.7 Å². The van der Waals surface area contributed by atoms with E-state index in [4.69, 9.17) is 4.74 Å². The molecule has 2 aliphatic heterocycles. The maximum Gasteiger partial charge on any atom is 0.242 e. The molecule has 7 nitrogen and oxygen atoms in total. The molecule has 1 unspecified atom stereocenters. The van der Waals surface area contributed by atoms with Crippen molar-refractivity contribution in [1.29, 1.82) is 0 Å². The third-order valence-corrected chi connectivity index (χ3v) is 4.84. The third kappa shape index (κ3) is 7.93. The maximum atomic E-state index is 12.3. The van der Waals surface area contributed by atoms with Gasteiger partial charge in [0.2, 0.25) is 11.8 Å². The van der Waals surface area contributed by atoms with Crippen molar-refractivity contribution in [3.63, 3.8) is 0 Å². The van der Waals surface area contributed by atoms with Crippen LogP contribution in [0.25, 0.3) is 0 Å². The lowest BCUT2D eigenvalue weighted by Gasteiger charge is -2.34. The Balaban J connectivity index is 0.00000196. The molecule has 9 heteroatoms. The number of carbonyl (C=O) groups excluding carboxylic acids is 2. The molecule has 3 rings (SSSR count). The fourth-order valence-corrected chi connectivity index (χ4v) is 3.33. The first-order valence-electron chi connectivity index (χ1n) is 9.32. The molecule has 0 bridgehead atoms. The molecule has 158 valence electrons. The van der Waals surface area contributed by atoms with Crippen LogP contribution in [0.3, 0.4) is 0 Å². The molecule has 2 fully saturated rings. The monoisotopic (exact) mass is 432 g/mol. The largest absolute Gasteiger partial charge is 0.378 e. The predicted molar refractivity (Wildman–Crippen MR) is 113 cm³/mol. The standard InChI is InChI=1S/C19H28N4O3.2ClH/c24-18(12-17-15-26-11-6-20-17)21-13-19(25)23-9-7-22(8-10-23)14-16-4-2-1-3-5-16;;/h1-5,17,20H,6-15H2,(H,21,24);2*1H. The lowest BCUT2D eigenvalue weighted by molar-refractivity contribution is -0.134. The molecule has 0 radical (unpaired) electrons. The van der Waals surface area contributed by atoms with Crippen LogP contribution >= 0.6 is 24.8 Å². The number of morpholine rings is 1. The Morgan fingerprint density at radius 1 is 1.11 bits per heavy atom. The summed E-state index contributed by atoms with van der Waals surface area (Å²) >= 11 is 0. The Kier molecular flexibility index (Phi) is 11.4. The Labute approximate surface area is 179 Å². The lowest BCUT2D eigenvalue weighted by atomic mass is 10.2. The highest BCUT2D eigenvalue weighted by atomic mass is 35.5. The van der Waals surface area contributed by atoms with Crippen LogP contribution in [0, 0.1) is 0 Å². The number of hydrogen-bond donors (Lipinski definition) is 2. The molecule has 2 amide bonds. The summed E-state index contributed by atoms with van der Waals surface area (Å²) in [6.45, 7) is 6.12. The number of carbonyl (C=O) groups is 2. The third-order valence-electron chi connectivity index (χ3n) is 4.84. The molecule has 2 aliphatic rings. The summed E-state index contributed by atoms with van der Waals surface area (Å²) < 4.78 is 5.33. The van der Waals surface area contributed by atoms with Crippen molar-refractivity contribution in [3.8, 4) is 0 Å². The molecule has 2 heterocycles. The molecular weight excluding hydrogens is 403 g/mol. The number of nitrogens with zero attached hydrogens (tertiary/aromatic N) is 2. The SMILES string of the molecule is Cl.Cl.O=C(CC1COCCN1)NCC(=O)N1CCN(Cc2ccccc2)CC1. The number of halogens is 2. The average Bonchev–Trinajstić information content (AvgIpc) is 2.68. The molecule has 1 aromatic rings. The molecule has 0 aliphatic carbocycles. The Hall–Kier alpha value is -1.38. The van der Waals surface area contributed by atoms with Crippen LogP contribution in [0.2, 0.25) is 0 Å². The molecule has 0 spiro atoms. The summed E-state index contributed by atoms with van der Waals surface area (Å²) in [4.78, 5) is 28.5. The van der Waals surface area contributed by atoms with Gasteiger partial charge in [-0.3, -0.25) is 14.5 Å². The van der Waals surface area contributed by atoms with Gasteiger partial charge in [0.1, 0.15) is 0 Å². The molecule has 1 aromatic carbocycles. The highest BCUT2D eigenvalue weighted by Gasteiger charge is 2.22. The molecule has 0 saturated carbocycles. The summed E-state index contributed by atoms with van der Waals surface area (Å²) in [6, 6.07) is 10.4. The Morgan fingerprint density at radius 3 is 2.46 bits per heavy atom. The first-order valence-corrected chi connectivity index (χ1v) is 9.32. The Bertz CT molecular complexity index is 592. The molecule has 1 atom stereocenters. The molecule has 2 saturated heterocycles. The molecule has 28 heavy (non-hydrogen) atoms. The number of nitrogens with one attached hydrogen (secondary N) is 2. The minimum atomic E-state index is -0.107. The molecule has 2 N–H and O–H groups in total. The van der Waals surface area contributed by atoms with E-state index in [1.165, 1.54) is 5.56 Å². The van der Waals surface area contributed by atoms with Gasteiger partial charge in [0, 0.05) is 51.7 Å². The number of hydrogen-bond acceptors (Lipinski definition) is 5. The van der Waals surface area contributed by atoms with Crippen LogP contribution in [0.4, 0.5) is 0 Å². The van der Waals surface area contributed by atoms with E-state index >= 15 is 0 Å². The van der Waals surface area contributed by atoms with Crippen LogP contribution in [0.5, 0.6) is 0 Å². The highest BCUT2D eigenvalue weighted by molar-refractivity contribution is 5.86. The van der Waals surface area contributed by atoms with E-state index < -0.39 is 0 Å². The second-order valence-corrected chi connectivity index (χ2v) is 6.85. The van der Waals surface area contributed by atoms with Gasteiger partial charge in [-0.05, 0) is 5.56 Å². The summed E-state index contributed by atoms with van der Waals surface area (Å²) in [5, 5.41) is 5.98. The first kappa shape index (κ1) is 24.7. The van der Waals surface area contributed by atoms with Gasteiger partial charge >= 0.3 is 0 Å². The quantitative estimate of drug-likeness (QED) is 0.690. The zero-order valence-electron chi connectivity index (χ0n) is 16.0. The maximum absolute atomic E-state index is 12.3. The van der Waals surface area contributed by atoms with E-state index in [1.807, 2.05) is 23.1 Å². The zero-order chi connectivity index (χ0) is 18.2. The van der Waals surface area contributed by atoms with E-state index in [9.17, 15) is 9.59 Å². The van der Waals surface area contributed by atoms with Crippen LogP contribution in [0.15, 0.2) is 30.3 Å². The molecule has 0 aromatic heterocycles. The smallest absolute Gasteiger partial charge is 0.242 e. The van der Waals surface area contributed by atoms with Gasteiger partial charge in [-0.2, -0.15) is 0 Å². The minimum absolute atomic E-state index is 0. The van der Waals surface area contributed by atoms with Crippen LogP contribution in [-0.2, 0) is 20.9 Å². The number of piperazine rings is 1. The summed E-state index contributed by atoms with van der Waals surface area (Å²) in [5.74, 6) is -0.116. The van der Waals surface area contributed by atoms with Crippen molar-refractivity contribution in [1.82, 2.24) is 20.4 Å². The number of benzene rings is 1. The number of ether oxygens (including phenoxy) is 1. The van der Waals surface area contributed by atoms with Gasteiger partial charge < -0.3 is 20.3 Å². The van der Waals surface area contributed by atoms with E-state index in [0.717, 1.165) is 26.2 Å². The second-order valence-electron chi connectivity index (χ2n) is 6.85. The summed E-state index contributed by atoms with van der Waals surface area (Å²) in [5.41, 5.74) is 1.29. The van der Waals surface area contributed by atoms with Gasteiger partial charge in [0.25, 0.3) is 0 Å². The highest BCUT2D eigenvalue weighted by Crippen LogP contribution is 2.08. The van der Waals surface area contributed by atoms with Crippen molar-refractivity contribution in [2.24, 2.45) is 0 Å². The van der Waals surface area contributed by atoms with Gasteiger partial charge in [0.05, 0.1) is 19.8 Å². The average molecular weight is 433 g/mol. The zero-order valence-corrected chi connectivity index (χ0v) is 17.6. The summed E-state index contributed by atoms with van der Waals surface area (Å²) in [6.07, 6.45) is 0.345. The van der Waals surface area contributed by atoms with E-state index in [0.29, 0.717) is 32.7 Å². The predicted octanol–water partition coefficient (Wildman–Crippen LogP) is 0.669. The van der Waals surface area contributed by atoms with Gasteiger partial charge in [0.15, 0.2) is 0 Å². The topological polar surface area (TPSA) is 73.9 Å². The van der Waals surface area contributed by atoms with Crippen LogP contribution < -0.4 is 10.6 Å². The van der Waals surface area contributed by atoms with Gasteiger partial charge in [-0.25, -0.2) is 0 Å². The van der Waals surface area contributed by atoms with Crippen LogP contribution in [0.1, 0.15) is 12.0 Å². The molecular formula is C19H30Cl2N4O3. The Morgan fingerprint density at radius 2 is 1.82 bits per heavy atom. The second kappa shape index (κ2) is 13.0. The van der Waals surface area contributed by atoms with Crippen LogP contribution in [-0.4, -0.2) is 80.1 Å². The van der Waals surface area contributed by atoms with Gasteiger partial charge in [-0.15, -0.1) is 24.8 Å². The number of amides is 2. The van der Waals surface area contributed by atoms with Gasteiger partial charge in [-0.1, -0.05) is 30.3 Å². The normalized spacial score (nSPS) is 19.9. The summed E-state index contributed by atoms with van der Waals surface area (Å²) in [7, 11) is 0. The minimum Gasteiger partial charge on any atom is -0.378 e. The van der Waals surface area contributed by atoms with E-state index in [1.54, 1.807) is 0 Å². The first-order chi connectivity index (χ1) is 12.7. The number of rotatable bonds is 6. The van der Waals surface area contributed by atoms with Crippen molar-refractivity contribution >= 4 is 36.6 Å². The van der Waals surface area contributed by atoms with E-state index in [-0.39, 0.29) is 49.2 Å². The van der Waals surface area contributed by atoms with Crippen molar-refractivity contribution in [2.45, 2.75) is 19.0 Å². The van der Waals surface area contributed by atoms with Crippen molar-refractivity contribution < 1.29 is 14.3 Å². The fourth-order valence-electron chi connectivity index (χ4n) is 3.33. The lowest BCUT2D eigenvalue weighted by Crippen LogP contribution is -2.51. The van der Waals surface area contributed by atoms with Crippen molar-refractivity contribution in [2.75, 3.05) is 52.5 Å². The van der Waals surface area contributed by atoms with Crippen molar-refractivity contribution in [3.05, 3.63) is 35.9 Å². The fraction of sp³-hybridized carbons (Fsp3) is 0.579.